The maximum absolute atomic E-state index is 12.7. The molecule has 6 nitrogen and oxygen atoms in total. The number of thiophene rings is 1. The highest BCUT2D eigenvalue weighted by molar-refractivity contribution is 7.15. The standard InChI is InChI=1S/C23H22N2O4S/c1-15(26)20-7-8-21(30-20)23(28)25-11-9-16(10-12-25)22(27)24-18-5-2-4-17(14-18)19-6-3-13-29-19/h2-8,13-14,16H,9-12H2,1H3,(H,24,27). The summed E-state index contributed by atoms with van der Waals surface area (Å²) in [5.74, 6) is 0.466. The van der Waals surface area contributed by atoms with Crippen molar-refractivity contribution in [1.29, 1.82) is 0 Å². The molecule has 3 aromatic rings. The van der Waals surface area contributed by atoms with E-state index in [4.69, 9.17) is 4.42 Å². The third kappa shape index (κ3) is 4.36. The summed E-state index contributed by atoms with van der Waals surface area (Å²) in [4.78, 5) is 39.8. The summed E-state index contributed by atoms with van der Waals surface area (Å²) in [7, 11) is 0. The molecule has 0 unspecified atom stereocenters. The number of nitrogens with one attached hydrogen (secondary N) is 1. The molecule has 3 heterocycles. The van der Waals surface area contributed by atoms with Gasteiger partial charge in [-0.1, -0.05) is 12.1 Å². The van der Waals surface area contributed by atoms with E-state index in [2.05, 4.69) is 5.32 Å². The van der Waals surface area contributed by atoms with Gasteiger partial charge in [0.2, 0.25) is 5.91 Å². The molecule has 2 amide bonds. The summed E-state index contributed by atoms with van der Waals surface area (Å²) < 4.78 is 5.41. The van der Waals surface area contributed by atoms with Crippen molar-refractivity contribution in [3.63, 3.8) is 0 Å². The summed E-state index contributed by atoms with van der Waals surface area (Å²) in [6.07, 6.45) is 2.84. The average Bonchev–Trinajstić information content (AvgIpc) is 3.46. The molecule has 1 N–H and O–H groups in total. The molecule has 1 saturated heterocycles. The number of benzene rings is 1. The Kier molecular flexibility index (Phi) is 5.81. The Labute approximate surface area is 178 Å². The highest BCUT2D eigenvalue weighted by Gasteiger charge is 2.28. The van der Waals surface area contributed by atoms with Crippen LogP contribution in [-0.4, -0.2) is 35.6 Å². The molecule has 0 atom stereocenters. The highest BCUT2D eigenvalue weighted by Crippen LogP contribution is 2.26. The fourth-order valence-electron chi connectivity index (χ4n) is 3.58. The lowest BCUT2D eigenvalue weighted by atomic mass is 9.95. The zero-order valence-electron chi connectivity index (χ0n) is 16.6. The van der Waals surface area contributed by atoms with Gasteiger partial charge in [0.1, 0.15) is 5.76 Å². The Hall–Kier alpha value is -3.19. The minimum absolute atomic E-state index is 0.0336. The third-order valence-electron chi connectivity index (χ3n) is 5.25. The molecule has 7 heteroatoms. The summed E-state index contributed by atoms with van der Waals surface area (Å²) in [6.45, 7) is 2.54. The molecular weight excluding hydrogens is 400 g/mol. The maximum Gasteiger partial charge on any atom is 0.263 e. The van der Waals surface area contributed by atoms with E-state index in [0.29, 0.717) is 35.7 Å². The number of carbonyl (C=O) groups excluding carboxylic acids is 3. The van der Waals surface area contributed by atoms with Crippen LogP contribution in [-0.2, 0) is 4.79 Å². The number of piperidine rings is 1. The van der Waals surface area contributed by atoms with Crippen LogP contribution in [0.15, 0.2) is 59.2 Å². The molecule has 0 saturated carbocycles. The summed E-state index contributed by atoms with van der Waals surface area (Å²) in [6, 6.07) is 14.6. The second kappa shape index (κ2) is 8.67. The smallest absolute Gasteiger partial charge is 0.263 e. The van der Waals surface area contributed by atoms with E-state index in [-0.39, 0.29) is 23.5 Å². The van der Waals surface area contributed by atoms with E-state index in [1.54, 1.807) is 23.3 Å². The quantitative estimate of drug-likeness (QED) is 0.605. The zero-order chi connectivity index (χ0) is 21.1. The van der Waals surface area contributed by atoms with Gasteiger partial charge in [0.25, 0.3) is 5.91 Å². The van der Waals surface area contributed by atoms with Crippen LogP contribution in [0.3, 0.4) is 0 Å². The number of rotatable bonds is 5. The Morgan fingerprint density at radius 2 is 1.80 bits per heavy atom. The van der Waals surface area contributed by atoms with Crippen LogP contribution in [0.5, 0.6) is 0 Å². The first-order chi connectivity index (χ1) is 14.5. The first-order valence-corrected chi connectivity index (χ1v) is 10.7. The second-order valence-electron chi connectivity index (χ2n) is 7.33. The number of ketones is 1. The monoisotopic (exact) mass is 422 g/mol. The van der Waals surface area contributed by atoms with Gasteiger partial charge in [0.05, 0.1) is 16.0 Å². The number of carbonyl (C=O) groups is 3. The fourth-order valence-corrected chi connectivity index (χ4v) is 4.45. The maximum atomic E-state index is 12.7. The van der Waals surface area contributed by atoms with Gasteiger partial charge in [-0.05, 0) is 56.2 Å². The van der Waals surface area contributed by atoms with Gasteiger partial charge in [0.15, 0.2) is 5.78 Å². The molecular formula is C23H22N2O4S. The Morgan fingerprint density at radius 3 is 2.47 bits per heavy atom. The molecule has 0 bridgehead atoms. The van der Waals surface area contributed by atoms with Crippen molar-refractivity contribution in [2.24, 2.45) is 5.92 Å². The lowest BCUT2D eigenvalue weighted by Crippen LogP contribution is -2.41. The molecule has 30 heavy (non-hydrogen) atoms. The summed E-state index contributed by atoms with van der Waals surface area (Å²) in [5, 5.41) is 2.99. The van der Waals surface area contributed by atoms with E-state index in [1.807, 2.05) is 36.4 Å². The average molecular weight is 423 g/mol. The molecule has 4 rings (SSSR count). The molecule has 2 aromatic heterocycles. The summed E-state index contributed by atoms with van der Waals surface area (Å²) in [5.41, 5.74) is 1.63. The van der Waals surface area contributed by atoms with Crippen molar-refractivity contribution in [3.8, 4) is 11.3 Å². The minimum Gasteiger partial charge on any atom is -0.464 e. The van der Waals surface area contributed by atoms with Gasteiger partial charge in [-0.3, -0.25) is 14.4 Å². The van der Waals surface area contributed by atoms with Crippen molar-refractivity contribution in [1.82, 2.24) is 4.90 Å². The van der Waals surface area contributed by atoms with Crippen LogP contribution < -0.4 is 5.32 Å². The summed E-state index contributed by atoms with van der Waals surface area (Å²) >= 11 is 1.22. The largest absolute Gasteiger partial charge is 0.464 e. The second-order valence-corrected chi connectivity index (χ2v) is 8.42. The topological polar surface area (TPSA) is 79.6 Å². The number of amides is 2. The first kappa shape index (κ1) is 20.1. The number of nitrogens with zero attached hydrogens (tertiary/aromatic N) is 1. The van der Waals surface area contributed by atoms with E-state index in [1.165, 1.54) is 18.3 Å². The van der Waals surface area contributed by atoms with Crippen molar-refractivity contribution >= 4 is 34.6 Å². The van der Waals surface area contributed by atoms with Gasteiger partial charge in [-0.2, -0.15) is 0 Å². The molecule has 0 spiro atoms. The SMILES string of the molecule is CC(=O)c1ccc(C(=O)N2CCC(C(=O)Nc3cccc(-c4ccco4)c3)CC2)s1. The predicted molar refractivity (Wildman–Crippen MR) is 116 cm³/mol. The van der Waals surface area contributed by atoms with Crippen LogP contribution >= 0.6 is 11.3 Å². The molecule has 0 aliphatic carbocycles. The fraction of sp³-hybridized carbons (Fsp3) is 0.261. The van der Waals surface area contributed by atoms with Gasteiger partial charge in [-0.15, -0.1) is 11.3 Å². The van der Waals surface area contributed by atoms with Crippen LogP contribution in [0.4, 0.5) is 5.69 Å². The Morgan fingerprint density at radius 1 is 1.03 bits per heavy atom. The first-order valence-electron chi connectivity index (χ1n) is 9.86. The van der Waals surface area contributed by atoms with Gasteiger partial charge >= 0.3 is 0 Å². The lowest BCUT2D eigenvalue weighted by molar-refractivity contribution is -0.121. The van der Waals surface area contributed by atoms with Gasteiger partial charge < -0.3 is 14.6 Å². The third-order valence-corrected chi connectivity index (χ3v) is 6.43. The number of likely N-dealkylation sites (tertiary alicyclic amines) is 1. The van der Waals surface area contributed by atoms with E-state index >= 15 is 0 Å². The lowest BCUT2D eigenvalue weighted by Gasteiger charge is -2.31. The van der Waals surface area contributed by atoms with Crippen LogP contribution in [0, 0.1) is 5.92 Å². The van der Waals surface area contributed by atoms with Crippen molar-refractivity contribution in [2.75, 3.05) is 18.4 Å². The van der Waals surface area contributed by atoms with Crippen LogP contribution in [0.25, 0.3) is 11.3 Å². The zero-order valence-corrected chi connectivity index (χ0v) is 17.4. The molecule has 1 aromatic carbocycles. The van der Waals surface area contributed by atoms with Crippen molar-refractivity contribution in [2.45, 2.75) is 19.8 Å². The van der Waals surface area contributed by atoms with Gasteiger partial charge in [-0.25, -0.2) is 0 Å². The van der Waals surface area contributed by atoms with E-state index in [9.17, 15) is 14.4 Å². The molecule has 0 radical (unpaired) electrons. The molecule has 1 fully saturated rings. The van der Waals surface area contributed by atoms with Crippen molar-refractivity contribution in [3.05, 3.63) is 64.5 Å². The Bertz CT molecular complexity index is 1060. The van der Waals surface area contributed by atoms with Gasteiger partial charge in [0, 0.05) is 30.3 Å². The van der Waals surface area contributed by atoms with Crippen molar-refractivity contribution < 1.29 is 18.8 Å². The molecule has 1 aliphatic heterocycles. The number of anilines is 1. The molecule has 154 valence electrons. The minimum atomic E-state index is -0.141. The number of hydrogen-bond acceptors (Lipinski definition) is 5. The van der Waals surface area contributed by atoms with E-state index < -0.39 is 0 Å². The number of furan rings is 1. The predicted octanol–water partition coefficient (Wildman–Crippen LogP) is 4.70. The van der Waals surface area contributed by atoms with Crippen LogP contribution in [0.2, 0.25) is 0 Å². The number of Topliss-reactive ketones (excluding diaryl/α,β-unsaturated/α-hetero) is 1. The molecule has 1 aliphatic rings. The number of hydrogen-bond donors (Lipinski definition) is 1. The normalized spacial score (nSPS) is 14.5. The highest BCUT2D eigenvalue weighted by atomic mass is 32.1. The van der Waals surface area contributed by atoms with Crippen LogP contribution in [0.1, 0.15) is 39.1 Å². The Balaban J connectivity index is 1.34. The van der Waals surface area contributed by atoms with E-state index in [0.717, 1.165) is 17.0 Å².